The molecule has 16 nitrogen and oxygen atoms in total. The molecule has 0 radical (unpaired) electrons. The number of phosphoric ester groups is 2. The molecule has 1 aliphatic rings. The molecule has 18 heteroatoms. The Hall–Kier alpha value is -1.52. The second kappa shape index (κ2) is 38.3. The smallest absolute Gasteiger partial charge is 0.462 e. The van der Waals surface area contributed by atoms with E-state index in [1.807, 2.05) is 0 Å². The fraction of sp³-hybridized carbons (Fsp3) is 0.872. The molecule has 0 bridgehead atoms. The molecule has 7 N–H and O–H groups in total. The van der Waals surface area contributed by atoms with Crippen LogP contribution < -0.4 is 0 Å². The lowest BCUT2D eigenvalue weighted by Gasteiger charge is -2.43. The number of aliphatic hydroxyl groups excluding tert-OH is 4. The molecule has 65 heavy (non-hydrogen) atoms. The van der Waals surface area contributed by atoms with Gasteiger partial charge in [0.1, 0.15) is 43.2 Å². The maximum absolute atomic E-state index is 13.0. The van der Waals surface area contributed by atoms with Gasteiger partial charge in [-0.1, -0.05) is 154 Å². The number of aliphatic hydroxyl groups is 4. The Morgan fingerprint density at radius 2 is 0.846 bits per heavy atom. The Balaban J connectivity index is 2.56. The van der Waals surface area contributed by atoms with Crippen LogP contribution in [0.2, 0.25) is 0 Å². The Labute approximate surface area is 390 Å². The molecule has 1 aliphatic carbocycles. The molecule has 5 unspecified atom stereocenters. The molecule has 0 aromatic carbocycles. The molecule has 8 atom stereocenters. The summed E-state index contributed by atoms with van der Waals surface area (Å²) in [4.78, 5) is 54.3. The van der Waals surface area contributed by atoms with E-state index in [-0.39, 0.29) is 12.8 Å². The van der Waals surface area contributed by atoms with Crippen molar-refractivity contribution in [2.75, 3.05) is 13.2 Å². The van der Waals surface area contributed by atoms with E-state index in [0.717, 1.165) is 103 Å². The van der Waals surface area contributed by atoms with Gasteiger partial charge in [0.2, 0.25) is 0 Å². The van der Waals surface area contributed by atoms with Crippen LogP contribution in [0.25, 0.3) is 0 Å². The number of phosphoric acid groups is 2. The third kappa shape index (κ3) is 32.8. The molecule has 0 spiro atoms. The lowest BCUT2D eigenvalue weighted by molar-refractivity contribution is -0.216. The zero-order valence-electron chi connectivity index (χ0n) is 39.7. The SMILES string of the molecule is CCCCCC/C=C\CCCCCCCCCC(=O)O[C@H](COC(=O)CCCCCCCCC/C=C\CCCCCCCC)COP(=O)(O)O[C@H]1C(O)C(O)C(O)[C@@H](OP(=O)(O)O)C1O. The number of carbonyl (C=O) groups is 2. The van der Waals surface area contributed by atoms with Crippen molar-refractivity contribution in [1.29, 1.82) is 0 Å². The van der Waals surface area contributed by atoms with Gasteiger partial charge in [-0.15, -0.1) is 0 Å². The van der Waals surface area contributed by atoms with Crippen LogP contribution in [0.4, 0.5) is 0 Å². The van der Waals surface area contributed by atoms with Gasteiger partial charge in [0.15, 0.2) is 6.10 Å². The Bertz CT molecular complexity index is 1360. The van der Waals surface area contributed by atoms with Crippen LogP contribution in [-0.4, -0.2) is 103 Å². The molecule has 0 saturated heterocycles. The van der Waals surface area contributed by atoms with Gasteiger partial charge < -0.3 is 44.6 Å². The van der Waals surface area contributed by atoms with Crippen LogP contribution in [0, 0.1) is 0 Å². The highest BCUT2D eigenvalue weighted by Gasteiger charge is 2.54. The van der Waals surface area contributed by atoms with Gasteiger partial charge in [-0.05, 0) is 64.2 Å². The molecule has 382 valence electrons. The molecule has 0 heterocycles. The Morgan fingerprint density at radius 3 is 1.28 bits per heavy atom. The maximum atomic E-state index is 13.0. The fourth-order valence-corrected chi connectivity index (χ4v) is 9.14. The second-order valence-electron chi connectivity index (χ2n) is 17.5. The van der Waals surface area contributed by atoms with Crippen molar-refractivity contribution in [3.63, 3.8) is 0 Å². The van der Waals surface area contributed by atoms with E-state index in [9.17, 15) is 53.8 Å². The zero-order valence-corrected chi connectivity index (χ0v) is 41.5. The molecule has 0 aromatic heterocycles. The third-order valence-corrected chi connectivity index (χ3v) is 13.0. The number of unbranched alkanes of at least 4 members (excludes halogenated alkanes) is 24. The summed E-state index contributed by atoms with van der Waals surface area (Å²) in [6, 6.07) is 0. The summed E-state index contributed by atoms with van der Waals surface area (Å²) in [7, 11) is -10.7. The Morgan fingerprint density at radius 1 is 0.477 bits per heavy atom. The lowest BCUT2D eigenvalue weighted by Crippen LogP contribution is -2.64. The number of ether oxygens (including phenoxy) is 2. The molecular weight excluding hydrogens is 882 g/mol. The van der Waals surface area contributed by atoms with E-state index in [1.54, 1.807) is 0 Å². The second-order valence-corrected chi connectivity index (χ2v) is 20.1. The van der Waals surface area contributed by atoms with Crippen molar-refractivity contribution >= 4 is 27.6 Å². The van der Waals surface area contributed by atoms with Gasteiger partial charge in [-0.2, -0.15) is 0 Å². The van der Waals surface area contributed by atoms with Gasteiger partial charge >= 0.3 is 27.6 Å². The largest absolute Gasteiger partial charge is 0.472 e. The normalized spacial score (nSPS) is 21.8. The maximum Gasteiger partial charge on any atom is 0.472 e. The summed E-state index contributed by atoms with van der Waals surface area (Å²) in [5.41, 5.74) is 0. The van der Waals surface area contributed by atoms with Gasteiger partial charge in [0, 0.05) is 12.8 Å². The molecule has 0 aliphatic heterocycles. The van der Waals surface area contributed by atoms with E-state index in [0.29, 0.717) is 12.8 Å². The van der Waals surface area contributed by atoms with Gasteiger partial charge in [0.25, 0.3) is 0 Å². The Kier molecular flexibility index (Phi) is 36.3. The monoisotopic (exact) mass is 971 g/mol. The van der Waals surface area contributed by atoms with Gasteiger partial charge in [-0.25, -0.2) is 9.13 Å². The van der Waals surface area contributed by atoms with Crippen molar-refractivity contribution < 1.29 is 76.9 Å². The predicted molar refractivity (Wildman–Crippen MR) is 251 cm³/mol. The molecule has 1 saturated carbocycles. The van der Waals surface area contributed by atoms with E-state index in [1.165, 1.54) is 64.2 Å². The quantitative estimate of drug-likeness (QED) is 0.0130. The molecule has 1 fully saturated rings. The average Bonchev–Trinajstić information content (AvgIpc) is 3.26. The first-order valence-electron chi connectivity index (χ1n) is 24.9. The number of hydrogen-bond acceptors (Lipinski definition) is 13. The average molecular weight is 971 g/mol. The number of rotatable bonds is 42. The van der Waals surface area contributed by atoms with Crippen LogP contribution in [0.3, 0.4) is 0 Å². The van der Waals surface area contributed by atoms with E-state index in [2.05, 4.69) is 42.7 Å². The minimum Gasteiger partial charge on any atom is -0.462 e. The topological polar surface area (TPSA) is 256 Å². The number of carbonyl (C=O) groups excluding carboxylic acids is 2. The van der Waals surface area contributed by atoms with Crippen LogP contribution in [0.1, 0.15) is 206 Å². The highest BCUT2D eigenvalue weighted by atomic mass is 31.2. The third-order valence-electron chi connectivity index (χ3n) is 11.5. The summed E-state index contributed by atoms with van der Waals surface area (Å²) >= 11 is 0. The minimum absolute atomic E-state index is 0.0401. The van der Waals surface area contributed by atoms with E-state index >= 15 is 0 Å². The summed E-state index contributed by atoms with van der Waals surface area (Å²) in [5, 5.41) is 41.3. The van der Waals surface area contributed by atoms with Gasteiger partial charge in [-0.3, -0.25) is 23.2 Å². The standard InChI is InChI=1S/C47H88O16P2/c1-3-5-7-9-11-13-15-17-19-20-22-23-25-27-29-31-33-35-40(48)59-37-39(61-41(49)36-34-32-30-28-26-24-21-18-16-14-12-10-8-6-4-2)38-60-65(57,58)63-47-44(52)42(50)43(51)46(45(47)53)62-64(54,55)56/h14,16-17,19,39,42-47,50-53H,3-13,15,18,20-38H2,1-2H3,(H,57,58)(H2,54,55,56)/b16-14-,19-17-/t39-,42?,43?,44?,45?,46-,47+/m1/s1. The van der Waals surface area contributed by atoms with Crippen LogP contribution in [0.5, 0.6) is 0 Å². The van der Waals surface area contributed by atoms with E-state index < -0.39 is 83.5 Å². The van der Waals surface area contributed by atoms with Crippen LogP contribution in [-0.2, 0) is 41.8 Å². The van der Waals surface area contributed by atoms with Crippen LogP contribution in [0.15, 0.2) is 24.3 Å². The molecule has 0 aromatic rings. The zero-order chi connectivity index (χ0) is 48.2. The highest BCUT2D eigenvalue weighted by molar-refractivity contribution is 7.47. The first kappa shape index (κ1) is 61.5. The first-order chi connectivity index (χ1) is 31.1. The summed E-state index contributed by atoms with van der Waals surface area (Å²) < 4.78 is 49.4. The summed E-state index contributed by atoms with van der Waals surface area (Å²) in [5.74, 6) is -1.21. The number of esters is 2. The minimum atomic E-state index is -5.36. The predicted octanol–water partition coefficient (Wildman–Crippen LogP) is 9.73. The fourth-order valence-electron chi connectivity index (χ4n) is 7.60. The summed E-state index contributed by atoms with van der Waals surface area (Å²) in [6.45, 7) is 3.10. The highest BCUT2D eigenvalue weighted by Crippen LogP contribution is 2.49. The van der Waals surface area contributed by atoms with Crippen molar-refractivity contribution in [3.05, 3.63) is 24.3 Å². The van der Waals surface area contributed by atoms with Crippen LogP contribution >= 0.6 is 15.6 Å². The van der Waals surface area contributed by atoms with Crippen molar-refractivity contribution in [2.45, 2.75) is 249 Å². The summed E-state index contributed by atoms with van der Waals surface area (Å²) in [6.07, 6.45) is 25.5. The number of allylic oxidation sites excluding steroid dienone is 4. The van der Waals surface area contributed by atoms with Crippen molar-refractivity contribution in [2.24, 2.45) is 0 Å². The molecule has 0 amide bonds. The number of hydrogen-bond donors (Lipinski definition) is 7. The van der Waals surface area contributed by atoms with Crippen molar-refractivity contribution in [3.8, 4) is 0 Å². The van der Waals surface area contributed by atoms with Gasteiger partial charge in [0.05, 0.1) is 6.61 Å². The lowest BCUT2D eigenvalue weighted by atomic mass is 9.85. The molecule has 1 rings (SSSR count). The van der Waals surface area contributed by atoms with Crippen molar-refractivity contribution in [1.82, 2.24) is 0 Å². The van der Waals surface area contributed by atoms with E-state index in [4.69, 9.17) is 18.5 Å². The molecular formula is C47H88O16P2. The first-order valence-corrected chi connectivity index (χ1v) is 27.9.